The van der Waals surface area contributed by atoms with Gasteiger partial charge in [-0.3, -0.25) is 9.59 Å². The fraction of sp³-hybridized carbons (Fsp3) is 0.450. The molecule has 0 spiro atoms. The lowest BCUT2D eigenvalue weighted by Gasteiger charge is -2.20. The van der Waals surface area contributed by atoms with Crippen molar-refractivity contribution < 1.29 is 4.79 Å². The van der Waals surface area contributed by atoms with Crippen molar-refractivity contribution in [2.75, 3.05) is 13.1 Å². The minimum Gasteiger partial charge on any atom is -0.342 e. The number of carbonyl (C=O) groups excluding carboxylic acids is 1. The van der Waals surface area contributed by atoms with Crippen molar-refractivity contribution in [1.29, 1.82) is 0 Å². The monoisotopic (exact) mass is 405 g/mol. The highest BCUT2D eigenvalue weighted by atomic mass is 35.5. The Balaban J connectivity index is 1.67. The molecule has 1 N–H and O–H groups in total. The van der Waals surface area contributed by atoms with Crippen molar-refractivity contribution in [1.82, 2.24) is 14.9 Å². The van der Waals surface area contributed by atoms with Crippen LogP contribution in [0.3, 0.4) is 0 Å². The van der Waals surface area contributed by atoms with E-state index in [0.717, 1.165) is 31.5 Å². The molecule has 0 atom stereocenters. The maximum atomic E-state index is 12.6. The number of hydrogen-bond acceptors (Lipinski definition) is 4. The third kappa shape index (κ3) is 5.59. The van der Waals surface area contributed by atoms with E-state index < -0.39 is 0 Å². The van der Waals surface area contributed by atoms with Crippen molar-refractivity contribution >= 4 is 29.3 Å². The van der Waals surface area contributed by atoms with Crippen molar-refractivity contribution in [3.05, 3.63) is 56.5 Å². The Morgan fingerprint density at radius 3 is 2.67 bits per heavy atom. The van der Waals surface area contributed by atoms with Crippen molar-refractivity contribution in [3.8, 4) is 0 Å². The number of aromatic amines is 1. The van der Waals surface area contributed by atoms with Crippen LogP contribution in [0.5, 0.6) is 0 Å². The molecule has 27 heavy (non-hydrogen) atoms. The van der Waals surface area contributed by atoms with Crippen molar-refractivity contribution in [2.45, 2.75) is 49.9 Å². The first-order valence-electron chi connectivity index (χ1n) is 9.28. The molecule has 0 unspecified atom stereocenters. The highest BCUT2D eigenvalue weighted by Crippen LogP contribution is 2.21. The van der Waals surface area contributed by atoms with Gasteiger partial charge in [0, 0.05) is 35.1 Å². The average molecular weight is 406 g/mol. The van der Waals surface area contributed by atoms with Gasteiger partial charge in [-0.2, -0.15) is 0 Å². The molecular formula is C20H24ClN3O2S. The van der Waals surface area contributed by atoms with Crippen molar-refractivity contribution in [3.63, 3.8) is 0 Å². The molecule has 1 aromatic heterocycles. The zero-order valence-electron chi connectivity index (χ0n) is 15.5. The number of hydrogen-bond donors (Lipinski definition) is 1. The molecule has 1 fully saturated rings. The summed E-state index contributed by atoms with van der Waals surface area (Å²) in [6.07, 6.45) is 4.54. The van der Waals surface area contributed by atoms with Crippen LogP contribution < -0.4 is 5.56 Å². The van der Waals surface area contributed by atoms with Gasteiger partial charge in [0.1, 0.15) is 0 Å². The minimum absolute atomic E-state index is 0.0200. The van der Waals surface area contributed by atoms with Gasteiger partial charge in [-0.25, -0.2) is 4.98 Å². The predicted molar refractivity (Wildman–Crippen MR) is 109 cm³/mol. The van der Waals surface area contributed by atoms with Crippen LogP contribution in [0.15, 0.2) is 34.2 Å². The Hall–Kier alpha value is -1.79. The molecule has 0 saturated carbocycles. The molecule has 0 radical (unpaired) electrons. The first-order chi connectivity index (χ1) is 13.0. The predicted octanol–water partition coefficient (Wildman–Crippen LogP) is 3.97. The number of aromatic nitrogens is 2. The summed E-state index contributed by atoms with van der Waals surface area (Å²) in [7, 11) is 0. The number of rotatable bonds is 5. The summed E-state index contributed by atoms with van der Waals surface area (Å²) < 4.78 is 0. The number of halogens is 1. The van der Waals surface area contributed by atoms with Crippen molar-refractivity contribution in [2.24, 2.45) is 0 Å². The van der Waals surface area contributed by atoms with Gasteiger partial charge in [-0.1, -0.05) is 48.3 Å². The molecular weight excluding hydrogens is 382 g/mol. The SMILES string of the molecule is Cc1nc(SCc2cccc(Cl)c2)[nH]c(=O)c1CC(=O)N1CCCCCC1. The van der Waals surface area contributed by atoms with E-state index >= 15 is 0 Å². The fourth-order valence-electron chi connectivity index (χ4n) is 3.22. The summed E-state index contributed by atoms with van der Waals surface area (Å²) in [5.74, 6) is 0.682. The average Bonchev–Trinajstić information content (AvgIpc) is 2.92. The molecule has 7 heteroatoms. The number of nitrogens with one attached hydrogen (secondary N) is 1. The van der Waals surface area contributed by atoms with Gasteiger partial charge in [-0.05, 0) is 37.5 Å². The number of carbonyl (C=O) groups is 1. The number of nitrogens with zero attached hydrogens (tertiary/aromatic N) is 2. The van der Waals surface area contributed by atoms with E-state index in [0.29, 0.717) is 27.2 Å². The van der Waals surface area contributed by atoms with Crippen LogP contribution in [-0.2, 0) is 17.0 Å². The number of H-pyrrole nitrogens is 1. The topological polar surface area (TPSA) is 66.1 Å². The van der Waals surface area contributed by atoms with Crippen LogP contribution in [0, 0.1) is 6.92 Å². The van der Waals surface area contributed by atoms with E-state index in [-0.39, 0.29) is 17.9 Å². The Kier molecular flexibility index (Phi) is 6.96. The molecule has 144 valence electrons. The van der Waals surface area contributed by atoms with Gasteiger partial charge >= 0.3 is 0 Å². The zero-order valence-corrected chi connectivity index (χ0v) is 17.0. The maximum absolute atomic E-state index is 12.6. The summed E-state index contributed by atoms with van der Waals surface area (Å²) in [5.41, 5.74) is 1.93. The Morgan fingerprint density at radius 1 is 1.26 bits per heavy atom. The first-order valence-corrected chi connectivity index (χ1v) is 10.6. The maximum Gasteiger partial charge on any atom is 0.255 e. The number of likely N-dealkylation sites (tertiary alicyclic amines) is 1. The summed E-state index contributed by atoms with van der Waals surface area (Å²) in [6.45, 7) is 3.37. The van der Waals surface area contributed by atoms with Crippen LogP contribution in [0.1, 0.15) is 42.5 Å². The largest absolute Gasteiger partial charge is 0.342 e. The summed E-state index contributed by atoms with van der Waals surface area (Å²) in [4.78, 5) is 34.3. The highest BCUT2D eigenvalue weighted by molar-refractivity contribution is 7.98. The van der Waals surface area contributed by atoms with Crippen LogP contribution in [0.2, 0.25) is 5.02 Å². The van der Waals surface area contributed by atoms with Crippen LogP contribution in [0.4, 0.5) is 0 Å². The Morgan fingerprint density at radius 2 is 2.00 bits per heavy atom. The quantitative estimate of drug-likeness (QED) is 0.603. The van der Waals surface area contributed by atoms with E-state index in [9.17, 15) is 9.59 Å². The minimum atomic E-state index is -0.223. The molecule has 3 rings (SSSR count). The molecule has 0 aliphatic carbocycles. The summed E-state index contributed by atoms with van der Waals surface area (Å²) >= 11 is 7.45. The lowest BCUT2D eigenvalue weighted by atomic mass is 10.1. The van der Waals surface area contributed by atoms with Gasteiger partial charge in [0.15, 0.2) is 5.16 Å². The Bertz CT molecular complexity index is 861. The molecule has 1 amide bonds. The second kappa shape index (κ2) is 9.42. The normalized spacial score (nSPS) is 14.8. The second-order valence-electron chi connectivity index (χ2n) is 6.83. The van der Waals surface area contributed by atoms with E-state index in [1.807, 2.05) is 29.2 Å². The number of amides is 1. The van der Waals surface area contributed by atoms with Crippen LogP contribution >= 0.6 is 23.4 Å². The van der Waals surface area contributed by atoms with E-state index in [4.69, 9.17) is 11.6 Å². The van der Waals surface area contributed by atoms with Gasteiger partial charge in [0.2, 0.25) is 5.91 Å². The smallest absolute Gasteiger partial charge is 0.255 e. The third-order valence-electron chi connectivity index (χ3n) is 4.75. The van der Waals surface area contributed by atoms with Gasteiger partial charge in [0.05, 0.1) is 6.42 Å². The van der Waals surface area contributed by atoms with E-state index in [1.165, 1.54) is 24.6 Å². The highest BCUT2D eigenvalue weighted by Gasteiger charge is 2.19. The molecule has 1 saturated heterocycles. The molecule has 5 nitrogen and oxygen atoms in total. The fourth-order valence-corrected chi connectivity index (χ4v) is 4.28. The molecule has 2 aromatic rings. The van der Waals surface area contributed by atoms with Gasteiger partial charge in [-0.15, -0.1) is 0 Å². The molecule has 1 aromatic carbocycles. The second-order valence-corrected chi connectivity index (χ2v) is 8.23. The lowest BCUT2D eigenvalue weighted by molar-refractivity contribution is -0.130. The van der Waals surface area contributed by atoms with Crippen LogP contribution in [0.25, 0.3) is 0 Å². The third-order valence-corrected chi connectivity index (χ3v) is 5.93. The van der Waals surface area contributed by atoms with Gasteiger partial charge in [0.25, 0.3) is 5.56 Å². The Labute approximate surface area is 168 Å². The first kappa shape index (κ1) is 20.0. The van der Waals surface area contributed by atoms with Gasteiger partial charge < -0.3 is 9.88 Å². The molecule has 0 bridgehead atoms. The van der Waals surface area contributed by atoms with E-state index in [2.05, 4.69) is 9.97 Å². The number of aryl methyl sites for hydroxylation is 1. The molecule has 1 aliphatic rings. The summed E-state index contributed by atoms with van der Waals surface area (Å²) in [5, 5.41) is 1.25. The zero-order chi connectivity index (χ0) is 19.2. The number of thioether (sulfide) groups is 1. The summed E-state index contributed by atoms with van der Waals surface area (Å²) in [6, 6.07) is 7.61. The van der Waals surface area contributed by atoms with E-state index in [1.54, 1.807) is 6.92 Å². The standard InChI is InChI=1S/C20H24ClN3O2S/c1-14-17(12-18(25)24-9-4-2-3-5-10-24)19(26)23-20(22-14)27-13-15-7-6-8-16(21)11-15/h6-8,11H,2-5,9-10,12-13H2,1H3,(H,22,23,26). The molecule has 2 heterocycles. The van der Waals surface area contributed by atoms with Crippen LogP contribution in [-0.4, -0.2) is 33.9 Å². The lowest BCUT2D eigenvalue weighted by Crippen LogP contribution is -2.35. The number of benzene rings is 1. The molecule has 1 aliphatic heterocycles.